The van der Waals surface area contributed by atoms with Crippen LogP contribution >= 0.6 is 0 Å². The van der Waals surface area contributed by atoms with Gasteiger partial charge in [0.25, 0.3) is 0 Å². The third kappa shape index (κ3) is 5.63. The Labute approximate surface area is 190 Å². The van der Waals surface area contributed by atoms with E-state index in [0.717, 1.165) is 33.8 Å². The monoisotopic (exact) mass is 426 g/mol. The largest absolute Gasteiger partial charge is 0.429 e. The Balaban J connectivity index is 2.68. The molecule has 0 spiro atoms. The summed E-state index contributed by atoms with van der Waals surface area (Å²) in [5.41, 5.74) is 4.27. The van der Waals surface area contributed by atoms with Crippen molar-refractivity contribution < 1.29 is 14.2 Å². The lowest BCUT2D eigenvalue weighted by Gasteiger charge is -2.40. The standard InChI is InChI=1S/C28H42O3/c1-12-29-28(19(2)3,30-24-20(4)15-13-17-22(24)26(6,7)8)31-25-21(5)16-14-18-23(25)27(9,10)11/h13-19H,12H2,1-11H3. The third-order valence-electron chi connectivity index (χ3n) is 5.58. The first-order valence-corrected chi connectivity index (χ1v) is 11.4. The molecule has 0 aliphatic rings. The predicted octanol–water partition coefficient (Wildman–Crippen LogP) is 7.70. The fraction of sp³-hybridized carbons (Fsp3) is 0.571. The molecule has 172 valence electrons. The fourth-order valence-corrected chi connectivity index (χ4v) is 3.72. The van der Waals surface area contributed by atoms with Gasteiger partial charge in [-0.05, 0) is 42.7 Å². The zero-order valence-electron chi connectivity index (χ0n) is 21.5. The van der Waals surface area contributed by atoms with E-state index in [-0.39, 0.29) is 16.7 Å². The molecular formula is C28H42O3. The Morgan fingerprint density at radius 2 is 1.10 bits per heavy atom. The molecule has 0 amide bonds. The van der Waals surface area contributed by atoms with E-state index in [0.29, 0.717) is 6.61 Å². The van der Waals surface area contributed by atoms with Crippen molar-refractivity contribution in [1.82, 2.24) is 0 Å². The lowest BCUT2D eigenvalue weighted by Crippen LogP contribution is -2.51. The molecule has 3 nitrogen and oxygen atoms in total. The number of benzene rings is 2. The Morgan fingerprint density at radius 3 is 1.39 bits per heavy atom. The number of para-hydroxylation sites is 2. The number of ether oxygens (including phenoxy) is 3. The Kier molecular flexibility index (Phi) is 7.53. The molecular weight excluding hydrogens is 384 g/mol. The summed E-state index contributed by atoms with van der Waals surface area (Å²) < 4.78 is 19.8. The molecule has 2 aromatic carbocycles. The molecule has 0 bridgehead atoms. The highest BCUT2D eigenvalue weighted by Crippen LogP contribution is 2.41. The van der Waals surface area contributed by atoms with E-state index in [9.17, 15) is 0 Å². The Hall–Kier alpha value is -2.00. The highest BCUT2D eigenvalue weighted by molar-refractivity contribution is 5.46. The molecule has 0 aliphatic heterocycles. The maximum Gasteiger partial charge on any atom is 0.374 e. The molecule has 0 unspecified atom stereocenters. The summed E-state index contributed by atoms with van der Waals surface area (Å²) in [6.07, 6.45) is 0. The second-order valence-electron chi connectivity index (χ2n) is 10.8. The van der Waals surface area contributed by atoms with Crippen LogP contribution in [0.3, 0.4) is 0 Å². The van der Waals surface area contributed by atoms with Gasteiger partial charge in [0.15, 0.2) is 0 Å². The first kappa shape index (κ1) is 25.3. The van der Waals surface area contributed by atoms with E-state index >= 15 is 0 Å². The molecule has 2 aromatic rings. The van der Waals surface area contributed by atoms with Crippen LogP contribution in [0.15, 0.2) is 36.4 Å². The first-order valence-electron chi connectivity index (χ1n) is 11.4. The second kappa shape index (κ2) is 9.24. The minimum absolute atomic E-state index is 0.0488. The maximum atomic E-state index is 6.77. The van der Waals surface area contributed by atoms with E-state index in [2.05, 4.69) is 106 Å². The van der Waals surface area contributed by atoms with Crippen molar-refractivity contribution in [2.24, 2.45) is 5.92 Å². The van der Waals surface area contributed by atoms with Crippen LogP contribution in [0.2, 0.25) is 0 Å². The topological polar surface area (TPSA) is 27.7 Å². The molecule has 0 radical (unpaired) electrons. The number of hydrogen-bond acceptors (Lipinski definition) is 3. The van der Waals surface area contributed by atoms with Crippen LogP contribution in [-0.4, -0.2) is 12.6 Å². The van der Waals surface area contributed by atoms with Gasteiger partial charge in [-0.15, -0.1) is 0 Å². The van der Waals surface area contributed by atoms with Gasteiger partial charge in [-0.3, -0.25) is 0 Å². The van der Waals surface area contributed by atoms with Gasteiger partial charge in [0, 0.05) is 11.1 Å². The van der Waals surface area contributed by atoms with Gasteiger partial charge in [0.1, 0.15) is 11.5 Å². The summed E-state index contributed by atoms with van der Waals surface area (Å²) in [7, 11) is 0. The summed E-state index contributed by atoms with van der Waals surface area (Å²) in [6, 6.07) is 12.6. The molecule has 2 rings (SSSR count). The number of rotatable bonds is 7. The number of hydrogen-bond donors (Lipinski definition) is 0. The van der Waals surface area contributed by atoms with Crippen molar-refractivity contribution in [3.8, 4) is 11.5 Å². The van der Waals surface area contributed by atoms with Gasteiger partial charge >= 0.3 is 5.97 Å². The lowest BCUT2D eigenvalue weighted by atomic mass is 9.85. The molecule has 0 aliphatic carbocycles. The molecule has 0 atom stereocenters. The highest BCUT2D eigenvalue weighted by Gasteiger charge is 2.43. The first-order chi connectivity index (χ1) is 14.2. The zero-order chi connectivity index (χ0) is 23.6. The summed E-state index contributed by atoms with van der Waals surface area (Å²) in [4.78, 5) is 0. The van der Waals surface area contributed by atoms with Crippen LogP contribution in [0.25, 0.3) is 0 Å². The molecule has 31 heavy (non-hydrogen) atoms. The quantitative estimate of drug-likeness (QED) is 0.424. The molecule has 0 saturated carbocycles. The average molecular weight is 427 g/mol. The molecule has 0 aromatic heterocycles. The SMILES string of the molecule is CCOC(Oc1c(C)cccc1C(C)(C)C)(Oc1c(C)cccc1C(C)(C)C)C(C)C. The van der Waals surface area contributed by atoms with Crippen molar-refractivity contribution in [3.63, 3.8) is 0 Å². The van der Waals surface area contributed by atoms with Crippen LogP contribution in [0, 0.1) is 19.8 Å². The van der Waals surface area contributed by atoms with Crippen molar-refractivity contribution in [2.45, 2.75) is 93.0 Å². The second-order valence-corrected chi connectivity index (χ2v) is 10.8. The van der Waals surface area contributed by atoms with Gasteiger partial charge in [-0.1, -0.05) is 91.8 Å². The van der Waals surface area contributed by atoms with Crippen molar-refractivity contribution in [1.29, 1.82) is 0 Å². The minimum Gasteiger partial charge on any atom is -0.429 e. The van der Waals surface area contributed by atoms with Crippen molar-refractivity contribution in [2.75, 3.05) is 6.61 Å². The van der Waals surface area contributed by atoms with Gasteiger partial charge in [0.05, 0.1) is 12.5 Å². The Bertz CT molecular complexity index is 817. The zero-order valence-corrected chi connectivity index (χ0v) is 21.5. The van der Waals surface area contributed by atoms with Gasteiger partial charge in [-0.2, -0.15) is 0 Å². The summed E-state index contributed by atoms with van der Waals surface area (Å²) in [5, 5.41) is 0. The Morgan fingerprint density at radius 1 is 0.710 bits per heavy atom. The molecule has 0 saturated heterocycles. The van der Waals surface area contributed by atoms with Crippen LogP contribution in [0.4, 0.5) is 0 Å². The van der Waals surface area contributed by atoms with E-state index in [4.69, 9.17) is 14.2 Å². The van der Waals surface area contributed by atoms with Crippen LogP contribution < -0.4 is 9.47 Å². The third-order valence-corrected chi connectivity index (χ3v) is 5.58. The van der Waals surface area contributed by atoms with Gasteiger partial charge < -0.3 is 14.2 Å². The molecule has 0 heterocycles. The molecule has 3 heteroatoms. The summed E-state index contributed by atoms with van der Waals surface area (Å²) in [6.45, 7) is 24.0. The smallest absolute Gasteiger partial charge is 0.374 e. The van der Waals surface area contributed by atoms with Crippen molar-refractivity contribution >= 4 is 0 Å². The lowest BCUT2D eigenvalue weighted by molar-refractivity contribution is -0.324. The van der Waals surface area contributed by atoms with Gasteiger partial charge in [-0.25, -0.2) is 0 Å². The van der Waals surface area contributed by atoms with E-state index in [1.807, 2.05) is 6.92 Å². The summed E-state index contributed by atoms with van der Waals surface area (Å²) in [5.74, 6) is 0.380. The van der Waals surface area contributed by atoms with E-state index in [1.165, 1.54) is 0 Å². The van der Waals surface area contributed by atoms with E-state index < -0.39 is 5.97 Å². The summed E-state index contributed by atoms with van der Waals surface area (Å²) >= 11 is 0. The molecule has 0 fully saturated rings. The number of aryl methyl sites for hydroxylation is 2. The normalized spacial score (nSPS) is 12.9. The predicted molar refractivity (Wildman–Crippen MR) is 130 cm³/mol. The van der Waals surface area contributed by atoms with E-state index in [1.54, 1.807) is 0 Å². The maximum absolute atomic E-state index is 6.77. The van der Waals surface area contributed by atoms with Crippen LogP contribution in [-0.2, 0) is 15.6 Å². The van der Waals surface area contributed by atoms with Crippen LogP contribution in [0.1, 0.15) is 84.6 Å². The fourth-order valence-electron chi connectivity index (χ4n) is 3.72. The van der Waals surface area contributed by atoms with Crippen molar-refractivity contribution in [3.05, 3.63) is 58.7 Å². The molecule has 0 N–H and O–H groups in total. The minimum atomic E-state index is -1.24. The average Bonchev–Trinajstić information content (AvgIpc) is 2.63. The van der Waals surface area contributed by atoms with Gasteiger partial charge in [0.2, 0.25) is 0 Å². The van der Waals surface area contributed by atoms with Crippen LogP contribution in [0.5, 0.6) is 11.5 Å². The highest BCUT2D eigenvalue weighted by atomic mass is 16.9.